The summed E-state index contributed by atoms with van der Waals surface area (Å²) in [5, 5.41) is 2.96. The minimum Gasteiger partial charge on any atom is -0.315 e. The van der Waals surface area contributed by atoms with Crippen molar-refractivity contribution in [3.63, 3.8) is 0 Å². The summed E-state index contributed by atoms with van der Waals surface area (Å²) >= 11 is 0. The highest BCUT2D eigenvalue weighted by Gasteiger charge is 2.23. The van der Waals surface area contributed by atoms with E-state index in [1.807, 2.05) is 0 Å². The summed E-state index contributed by atoms with van der Waals surface area (Å²) in [6, 6.07) is 0. The number of amides is 1. The first-order valence-electron chi connectivity index (χ1n) is 2.56. The molecule has 4 nitrogen and oxygen atoms in total. The van der Waals surface area contributed by atoms with Gasteiger partial charge in [0, 0.05) is 13.1 Å². The highest BCUT2D eigenvalue weighted by molar-refractivity contribution is 5.79. The molecule has 1 saturated heterocycles. The van der Waals surface area contributed by atoms with Gasteiger partial charge in [0.2, 0.25) is 5.91 Å². The standard InChI is InChI=1S/C4H9N3O/c5-7-4(8)3-1-6-2-3/h3,6H,1-2,5H2,(H,7,8). The van der Waals surface area contributed by atoms with Crippen LogP contribution in [-0.4, -0.2) is 19.0 Å². The van der Waals surface area contributed by atoms with Gasteiger partial charge in [-0.1, -0.05) is 0 Å². The fourth-order valence-electron chi connectivity index (χ4n) is 0.592. The van der Waals surface area contributed by atoms with Gasteiger partial charge in [0.05, 0.1) is 5.92 Å². The maximum absolute atomic E-state index is 10.5. The number of nitrogens with two attached hydrogens (primary N) is 1. The van der Waals surface area contributed by atoms with Crippen molar-refractivity contribution in [1.29, 1.82) is 0 Å². The second kappa shape index (κ2) is 2.11. The van der Waals surface area contributed by atoms with Gasteiger partial charge < -0.3 is 5.32 Å². The molecule has 0 saturated carbocycles. The first kappa shape index (κ1) is 5.53. The van der Waals surface area contributed by atoms with E-state index in [9.17, 15) is 4.79 Å². The van der Waals surface area contributed by atoms with Crippen LogP contribution in [0.4, 0.5) is 0 Å². The molecule has 0 radical (unpaired) electrons. The van der Waals surface area contributed by atoms with E-state index in [1.165, 1.54) is 0 Å². The van der Waals surface area contributed by atoms with Crippen molar-refractivity contribution < 1.29 is 4.79 Å². The molecule has 0 aliphatic carbocycles. The molecule has 46 valence electrons. The quantitative estimate of drug-likeness (QED) is 0.214. The van der Waals surface area contributed by atoms with Crippen LogP contribution >= 0.6 is 0 Å². The Labute approximate surface area is 47.4 Å². The van der Waals surface area contributed by atoms with Crippen molar-refractivity contribution in [2.24, 2.45) is 11.8 Å². The molecule has 1 aliphatic rings. The molecule has 0 aromatic carbocycles. The van der Waals surface area contributed by atoms with Crippen LogP contribution in [0.25, 0.3) is 0 Å². The Balaban J connectivity index is 2.24. The molecule has 0 atom stereocenters. The number of carbonyl (C=O) groups is 1. The Morgan fingerprint density at radius 3 is 2.50 bits per heavy atom. The largest absolute Gasteiger partial charge is 0.315 e. The summed E-state index contributed by atoms with van der Waals surface area (Å²) in [7, 11) is 0. The summed E-state index contributed by atoms with van der Waals surface area (Å²) in [4.78, 5) is 10.5. The lowest BCUT2D eigenvalue weighted by molar-refractivity contribution is -0.126. The number of hydrogen-bond acceptors (Lipinski definition) is 3. The van der Waals surface area contributed by atoms with Gasteiger partial charge in [-0.3, -0.25) is 10.2 Å². The highest BCUT2D eigenvalue weighted by Crippen LogP contribution is 2.00. The topological polar surface area (TPSA) is 67.1 Å². The van der Waals surface area contributed by atoms with Crippen LogP contribution in [0.3, 0.4) is 0 Å². The molecule has 0 aromatic heterocycles. The molecule has 1 fully saturated rings. The van der Waals surface area contributed by atoms with Crippen molar-refractivity contribution in [2.45, 2.75) is 0 Å². The monoisotopic (exact) mass is 115 g/mol. The summed E-state index contributed by atoms with van der Waals surface area (Å²) in [5.41, 5.74) is 2.09. The van der Waals surface area contributed by atoms with Crippen molar-refractivity contribution in [1.82, 2.24) is 10.7 Å². The molecule has 0 unspecified atom stereocenters. The SMILES string of the molecule is NNC(=O)C1CNC1. The van der Waals surface area contributed by atoms with Gasteiger partial charge in [-0.15, -0.1) is 0 Å². The minimum absolute atomic E-state index is 0.0660. The Kier molecular flexibility index (Phi) is 1.45. The van der Waals surface area contributed by atoms with Crippen LogP contribution in [0.1, 0.15) is 0 Å². The second-order valence-corrected chi connectivity index (χ2v) is 1.86. The minimum atomic E-state index is -0.0660. The number of carbonyl (C=O) groups excluding carboxylic acids is 1. The lowest BCUT2D eigenvalue weighted by Crippen LogP contribution is -2.52. The van der Waals surface area contributed by atoms with E-state index < -0.39 is 0 Å². The van der Waals surface area contributed by atoms with E-state index >= 15 is 0 Å². The summed E-state index contributed by atoms with van der Waals surface area (Å²) in [6.45, 7) is 1.53. The third-order valence-electron chi connectivity index (χ3n) is 1.29. The molecule has 0 spiro atoms. The van der Waals surface area contributed by atoms with E-state index in [-0.39, 0.29) is 11.8 Å². The van der Waals surface area contributed by atoms with Crippen LogP contribution in [-0.2, 0) is 4.79 Å². The Bertz CT molecular complexity index is 99.5. The molecule has 4 N–H and O–H groups in total. The molecular weight excluding hydrogens is 106 g/mol. The zero-order valence-electron chi connectivity index (χ0n) is 4.48. The smallest absolute Gasteiger partial charge is 0.239 e. The van der Waals surface area contributed by atoms with Crippen molar-refractivity contribution >= 4 is 5.91 Å². The van der Waals surface area contributed by atoms with Crippen LogP contribution < -0.4 is 16.6 Å². The molecule has 0 aromatic rings. The lowest BCUT2D eigenvalue weighted by Gasteiger charge is -2.24. The molecule has 1 rings (SSSR count). The van der Waals surface area contributed by atoms with Gasteiger partial charge >= 0.3 is 0 Å². The highest BCUT2D eigenvalue weighted by atomic mass is 16.2. The Hall–Kier alpha value is -0.610. The Morgan fingerprint density at radius 1 is 1.75 bits per heavy atom. The third-order valence-corrected chi connectivity index (χ3v) is 1.29. The van der Waals surface area contributed by atoms with E-state index in [1.54, 1.807) is 0 Å². The molecular formula is C4H9N3O. The summed E-state index contributed by atoms with van der Waals surface area (Å²) in [5.74, 6) is 4.90. The lowest BCUT2D eigenvalue weighted by atomic mass is 10.0. The summed E-state index contributed by atoms with van der Waals surface area (Å²) in [6.07, 6.45) is 0. The number of nitrogens with one attached hydrogen (secondary N) is 2. The molecule has 1 heterocycles. The van der Waals surface area contributed by atoms with E-state index in [0.29, 0.717) is 0 Å². The maximum atomic E-state index is 10.5. The van der Waals surface area contributed by atoms with E-state index in [0.717, 1.165) is 13.1 Å². The zero-order chi connectivity index (χ0) is 5.98. The van der Waals surface area contributed by atoms with Gasteiger partial charge in [0.1, 0.15) is 0 Å². The summed E-state index contributed by atoms with van der Waals surface area (Å²) < 4.78 is 0. The van der Waals surface area contributed by atoms with Crippen LogP contribution in [0.15, 0.2) is 0 Å². The Morgan fingerprint density at radius 2 is 2.38 bits per heavy atom. The van der Waals surface area contributed by atoms with Gasteiger partial charge in [0.15, 0.2) is 0 Å². The average molecular weight is 115 g/mol. The molecule has 4 heteroatoms. The van der Waals surface area contributed by atoms with Crippen molar-refractivity contribution in [3.8, 4) is 0 Å². The van der Waals surface area contributed by atoms with Crippen molar-refractivity contribution in [3.05, 3.63) is 0 Å². The van der Waals surface area contributed by atoms with Gasteiger partial charge in [-0.2, -0.15) is 0 Å². The predicted octanol–water partition coefficient (Wildman–Crippen LogP) is -1.80. The van der Waals surface area contributed by atoms with Gasteiger partial charge in [-0.25, -0.2) is 5.84 Å². The third kappa shape index (κ3) is 0.801. The van der Waals surface area contributed by atoms with Crippen LogP contribution in [0, 0.1) is 5.92 Å². The molecule has 1 aliphatic heterocycles. The first-order valence-corrected chi connectivity index (χ1v) is 2.56. The van der Waals surface area contributed by atoms with E-state index in [4.69, 9.17) is 5.84 Å². The number of hydrazine groups is 1. The van der Waals surface area contributed by atoms with E-state index in [2.05, 4.69) is 10.7 Å². The number of hydrogen-bond donors (Lipinski definition) is 3. The number of rotatable bonds is 1. The van der Waals surface area contributed by atoms with Crippen molar-refractivity contribution in [2.75, 3.05) is 13.1 Å². The fourth-order valence-corrected chi connectivity index (χ4v) is 0.592. The molecule has 0 bridgehead atoms. The second-order valence-electron chi connectivity index (χ2n) is 1.86. The zero-order valence-corrected chi connectivity index (χ0v) is 4.48. The van der Waals surface area contributed by atoms with Crippen LogP contribution in [0.5, 0.6) is 0 Å². The molecule has 8 heavy (non-hydrogen) atoms. The predicted molar refractivity (Wildman–Crippen MR) is 28.7 cm³/mol. The maximum Gasteiger partial charge on any atom is 0.239 e. The normalized spacial score (nSPS) is 19.6. The van der Waals surface area contributed by atoms with Crippen LogP contribution in [0.2, 0.25) is 0 Å². The average Bonchev–Trinajstić information content (AvgIpc) is 1.62. The van der Waals surface area contributed by atoms with Gasteiger partial charge in [-0.05, 0) is 0 Å². The first-order chi connectivity index (χ1) is 3.84. The van der Waals surface area contributed by atoms with Gasteiger partial charge in [0.25, 0.3) is 0 Å². The molecule has 1 amide bonds. The fraction of sp³-hybridized carbons (Fsp3) is 0.750.